The lowest BCUT2D eigenvalue weighted by atomic mass is 10.0. The van der Waals surface area contributed by atoms with Gasteiger partial charge in [0, 0.05) is 52.3 Å². The van der Waals surface area contributed by atoms with Crippen molar-refractivity contribution in [3.05, 3.63) is 39.9 Å². The second-order valence-corrected chi connectivity index (χ2v) is 8.15. The Hall–Kier alpha value is -4.07. The molecule has 2 rings (SSSR count). The van der Waals surface area contributed by atoms with Crippen molar-refractivity contribution in [2.24, 2.45) is 0 Å². The highest BCUT2D eigenvalue weighted by atomic mass is 16.6. The number of amides is 1. The van der Waals surface area contributed by atoms with E-state index < -0.39 is 72.0 Å². The van der Waals surface area contributed by atoms with Gasteiger partial charge < -0.3 is 28.6 Å². The van der Waals surface area contributed by atoms with E-state index in [0.717, 1.165) is 27.7 Å². The first-order chi connectivity index (χ1) is 17.3. The summed E-state index contributed by atoms with van der Waals surface area (Å²) >= 11 is 0. The lowest BCUT2D eigenvalue weighted by Crippen LogP contribution is -2.53. The SMILES string of the molecule is CC(=O)OC[C@@H](OC(C)=O)[C@@H](OC(C)=O)[C@H](OC(C)=O)[C@@H]1CN(C(C)=O)[C@H](c2ccc([N+](=O)[O-])cc2)O1. The number of hydrogen-bond donors (Lipinski definition) is 0. The molecule has 37 heavy (non-hydrogen) atoms. The number of nitro benzene ring substituents is 1. The molecule has 1 amide bonds. The zero-order valence-corrected chi connectivity index (χ0v) is 20.9. The average Bonchev–Trinajstić information content (AvgIpc) is 3.24. The van der Waals surface area contributed by atoms with Crippen LogP contribution in [0.3, 0.4) is 0 Å². The molecule has 0 aromatic heterocycles. The summed E-state index contributed by atoms with van der Waals surface area (Å²) in [5.74, 6) is -3.55. The van der Waals surface area contributed by atoms with Crippen molar-refractivity contribution in [2.45, 2.75) is 65.3 Å². The van der Waals surface area contributed by atoms with Gasteiger partial charge in [0.2, 0.25) is 5.91 Å². The van der Waals surface area contributed by atoms with Gasteiger partial charge in [0.15, 0.2) is 24.5 Å². The molecule has 1 aliphatic rings. The van der Waals surface area contributed by atoms with Gasteiger partial charge in [-0.3, -0.25) is 34.1 Å². The van der Waals surface area contributed by atoms with E-state index in [0.29, 0.717) is 5.56 Å². The molecule has 0 N–H and O–H groups in total. The van der Waals surface area contributed by atoms with Crippen LogP contribution in [0.4, 0.5) is 5.69 Å². The molecule has 202 valence electrons. The molecule has 0 unspecified atom stereocenters. The molecule has 5 atom stereocenters. The maximum Gasteiger partial charge on any atom is 0.303 e. The average molecular weight is 524 g/mol. The van der Waals surface area contributed by atoms with Gasteiger partial charge >= 0.3 is 23.9 Å². The van der Waals surface area contributed by atoms with E-state index in [1.165, 1.54) is 36.1 Å². The molecule has 1 aromatic rings. The molecule has 14 heteroatoms. The van der Waals surface area contributed by atoms with Crippen molar-refractivity contribution < 1.29 is 52.6 Å². The Morgan fingerprint density at radius 1 is 0.946 bits per heavy atom. The predicted octanol–water partition coefficient (Wildman–Crippen LogP) is 1.20. The first-order valence-electron chi connectivity index (χ1n) is 11.1. The highest BCUT2D eigenvalue weighted by Gasteiger charge is 2.48. The molecule has 0 spiro atoms. The minimum absolute atomic E-state index is 0.146. The van der Waals surface area contributed by atoms with Crippen molar-refractivity contribution >= 4 is 35.5 Å². The smallest absolute Gasteiger partial charge is 0.303 e. The van der Waals surface area contributed by atoms with Crippen LogP contribution in [0.25, 0.3) is 0 Å². The van der Waals surface area contributed by atoms with Crippen molar-refractivity contribution in [2.75, 3.05) is 13.2 Å². The molecule has 0 saturated carbocycles. The van der Waals surface area contributed by atoms with Crippen LogP contribution in [0.2, 0.25) is 0 Å². The van der Waals surface area contributed by atoms with Gasteiger partial charge in [0.25, 0.3) is 5.69 Å². The van der Waals surface area contributed by atoms with Gasteiger partial charge in [-0.25, -0.2) is 0 Å². The zero-order valence-electron chi connectivity index (χ0n) is 20.9. The fraction of sp³-hybridized carbons (Fsp3) is 0.522. The van der Waals surface area contributed by atoms with E-state index >= 15 is 0 Å². The summed E-state index contributed by atoms with van der Waals surface area (Å²) in [5, 5.41) is 11.0. The Bertz CT molecular complexity index is 1040. The highest BCUT2D eigenvalue weighted by molar-refractivity contribution is 5.74. The largest absolute Gasteiger partial charge is 0.462 e. The molecule has 1 aromatic carbocycles. The van der Waals surface area contributed by atoms with Crippen LogP contribution >= 0.6 is 0 Å². The van der Waals surface area contributed by atoms with Crippen LogP contribution in [0.15, 0.2) is 24.3 Å². The Balaban J connectivity index is 2.48. The van der Waals surface area contributed by atoms with Gasteiger partial charge in [-0.05, 0) is 12.1 Å². The van der Waals surface area contributed by atoms with Gasteiger partial charge in [-0.2, -0.15) is 0 Å². The molecule has 14 nitrogen and oxygen atoms in total. The molecule has 1 saturated heterocycles. The summed E-state index contributed by atoms with van der Waals surface area (Å²) < 4.78 is 27.0. The number of carbonyl (C=O) groups excluding carboxylic acids is 5. The van der Waals surface area contributed by atoms with Crippen LogP contribution in [-0.2, 0) is 47.7 Å². The lowest BCUT2D eigenvalue weighted by Gasteiger charge is -2.34. The minimum atomic E-state index is -1.49. The number of esters is 4. The van der Waals surface area contributed by atoms with Crippen molar-refractivity contribution in [1.29, 1.82) is 0 Å². The summed E-state index contributed by atoms with van der Waals surface area (Å²) in [7, 11) is 0. The third-order valence-electron chi connectivity index (χ3n) is 5.19. The molecule has 1 heterocycles. The Kier molecular flexibility index (Phi) is 10.1. The Morgan fingerprint density at radius 2 is 1.51 bits per heavy atom. The molecule has 0 radical (unpaired) electrons. The maximum atomic E-state index is 12.4. The number of nitro groups is 1. The second-order valence-electron chi connectivity index (χ2n) is 8.15. The number of rotatable bonds is 10. The van der Waals surface area contributed by atoms with Gasteiger partial charge in [0.05, 0.1) is 11.5 Å². The fourth-order valence-corrected chi connectivity index (χ4v) is 3.77. The number of carbonyl (C=O) groups is 5. The monoisotopic (exact) mass is 524 g/mol. The summed E-state index contributed by atoms with van der Waals surface area (Å²) in [6.45, 7) is 4.97. The van der Waals surface area contributed by atoms with Crippen LogP contribution in [0, 0.1) is 10.1 Å². The van der Waals surface area contributed by atoms with E-state index in [4.69, 9.17) is 23.7 Å². The molecular weight excluding hydrogens is 496 g/mol. The van der Waals surface area contributed by atoms with Crippen molar-refractivity contribution in [3.63, 3.8) is 0 Å². The second kappa shape index (κ2) is 12.8. The standard InChI is InChI=1S/C23H28N2O12/c1-12(26)24-10-19(37-23(24)17-6-8-18(9-7-17)25(31)32)21(35-15(4)29)22(36-16(5)30)20(34-14(3)28)11-33-13(2)27/h6-9,19-23H,10-11H2,1-5H3/t19-,20+,21+,22+,23-/m0/s1. The molecule has 1 fully saturated rings. The van der Waals surface area contributed by atoms with Crippen LogP contribution in [0.5, 0.6) is 0 Å². The van der Waals surface area contributed by atoms with E-state index in [-0.39, 0.29) is 12.2 Å². The first-order valence-corrected chi connectivity index (χ1v) is 11.1. The first kappa shape index (κ1) is 29.2. The van der Waals surface area contributed by atoms with E-state index in [2.05, 4.69) is 0 Å². The lowest BCUT2D eigenvalue weighted by molar-refractivity contribution is -0.384. The normalized spacial score (nSPS) is 19.2. The maximum absolute atomic E-state index is 12.4. The van der Waals surface area contributed by atoms with Gasteiger partial charge in [0.1, 0.15) is 12.7 Å². The topological polar surface area (TPSA) is 178 Å². The Morgan fingerprint density at radius 3 is 1.97 bits per heavy atom. The number of hydrogen-bond acceptors (Lipinski definition) is 12. The van der Waals surface area contributed by atoms with E-state index in [1.807, 2.05) is 0 Å². The van der Waals surface area contributed by atoms with Crippen molar-refractivity contribution in [1.82, 2.24) is 4.90 Å². The number of benzene rings is 1. The summed E-state index contributed by atoms with van der Waals surface area (Å²) in [6.07, 6.45) is -6.42. The van der Waals surface area contributed by atoms with Gasteiger partial charge in [-0.1, -0.05) is 0 Å². The molecular formula is C23H28N2O12. The van der Waals surface area contributed by atoms with E-state index in [9.17, 15) is 34.1 Å². The molecule has 0 bridgehead atoms. The summed E-state index contributed by atoms with van der Waals surface area (Å²) in [4.78, 5) is 71.3. The van der Waals surface area contributed by atoms with Crippen LogP contribution < -0.4 is 0 Å². The number of non-ortho nitro benzene ring substituents is 1. The minimum Gasteiger partial charge on any atom is -0.462 e. The summed E-state index contributed by atoms with van der Waals surface area (Å²) in [6, 6.07) is 5.30. The number of nitrogens with zero attached hydrogens (tertiary/aromatic N) is 2. The molecule has 1 aliphatic heterocycles. The number of ether oxygens (including phenoxy) is 5. The summed E-state index contributed by atoms with van der Waals surface area (Å²) in [5.41, 5.74) is 0.223. The third kappa shape index (κ3) is 8.24. The zero-order chi connectivity index (χ0) is 27.9. The van der Waals surface area contributed by atoms with E-state index in [1.54, 1.807) is 0 Å². The van der Waals surface area contributed by atoms with Crippen molar-refractivity contribution in [3.8, 4) is 0 Å². The highest BCUT2D eigenvalue weighted by Crippen LogP contribution is 2.35. The quantitative estimate of drug-likeness (QED) is 0.185. The van der Waals surface area contributed by atoms with Crippen LogP contribution in [0.1, 0.15) is 46.4 Å². The fourth-order valence-electron chi connectivity index (χ4n) is 3.77. The predicted molar refractivity (Wildman–Crippen MR) is 121 cm³/mol. The Labute approximate surface area is 211 Å². The third-order valence-corrected chi connectivity index (χ3v) is 5.19. The molecule has 0 aliphatic carbocycles. The van der Waals surface area contributed by atoms with Crippen LogP contribution in [-0.4, -0.2) is 77.2 Å². The van der Waals surface area contributed by atoms with Gasteiger partial charge in [-0.15, -0.1) is 0 Å².